The van der Waals surface area contributed by atoms with Crippen molar-refractivity contribution < 1.29 is 9.53 Å². The number of rotatable bonds is 4. The molecule has 0 unspecified atom stereocenters. The molecule has 0 bridgehead atoms. The van der Waals surface area contributed by atoms with Crippen LogP contribution in [0.4, 0.5) is 0 Å². The van der Waals surface area contributed by atoms with E-state index in [4.69, 9.17) is 4.74 Å². The molecule has 4 heteroatoms. The lowest BCUT2D eigenvalue weighted by atomic mass is 10.2. The summed E-state index contributed by atoms with van der Waals surface area (Å²) in [6, 6.07) is 9.62. The summed E-state index contributed by atoms with van der Waals surface area (Å²) >= 11 is 1.64. The fourth-order valence-corrected chi connectivity index (χ4v) is 2.90. The highest BCUT2D eigenvalue weighted by molar-refractivity contribution is 7.12. The lowest BCUT2D eigenvalue weighted by Crippen LogP contribution is -2.23. The molecule has 1 aromatic heterocycles. The van der Waals surface area contributed by atoms with Gasteiger partial charge in [0.1, 0.15) is 5.75 Å². The van der Waals surface area contributed by atoms with Gasteiger partial charge in [0.15, 0.2) is 0 Å². The fourth-order valence-electron chi connectivity index (χ4n) is 1.98. The second-order valence-corrected chi connectivity index (χ2v) is 5.78. The van der Waals surface area contributed by atoms with Crippen LogP contribution < -0.4 is 10.1 Å². The van der Waals surface area contributed by atoms with Gasteiger partial charge in [-0.25, -0.2) is 0 Å². The highest BCUT2D eigenvalue weighted by Crippen LogP contribution is 2.21. The van der Waals surface area contributed by atoms with Crippen molar-refractivity contribution in [2.75, 3.05) is 7.11 Å². The molecular weight excluding hydrogens is 258 g/mol. The van der Waals surface area contributed by atoms with Gasteiger partial charge in [-0.3, -0.25) is 4.79 Å². The molecule has 0 atom stereocenters. The number of para-hydroxylation sites is 1. The molecule has 19 heavy (non-hydrogen) atoms. The molecule has 2 aromatic rings. The van der Waals surface area contributed by atoms with Gasteiger partial charge < -0.3 is 10.1 Å². The average Bonchev–Trinajstić information content (AvgIpc) is 2.75. The molecule has 1 amide bonds. The maximum Gasteiger partial charge on any atom is 0.252 e. The standard InChI is InChI=1S/C15H17NO2S/c1-10-8-13(11(2)19-10)15(17)16-9-12-6-4-5-7-14(12)18-3/h4-8H,9H2,1-3H3,(H,16,17). The number of hydrogen-bond acceptors (Lipinski definition) is 3. The molecular formula is C15H17NO2S. The van der Waals surface area contributed by atoms with Crippen LogP contribution in [-0.2, 0) is 6.54 Å². The van der Waals surface area contributed by atoms with Crippen molar-refractivity contribution in [2.24, 2.45) is 0 Å². The quantitative estimate of drug-likeness (QED) is 0.929. The number of amides is 1. The van der Waals surface area contributed by atoms with E-state index in [0.29, 0.717) is 6.54 Å². The van der Waals surface area contributed by atoms with Crippen LogP contribution >= 0.6 is 11.3 Å². The van der Waals surface area contributed by atoms with E-state index in [9.17, 15) is 4.79 Å². The minimum absolute atomic E-state index is 0.0345. The Labute approximate surface area is 117 Å². The van der Waals surface area contributed by atoms with Crippen molar-refractivity contribution in [3.63, 3.8) is 0 Å². The van der Waals surface area contributed by atoms with Crippen LogP contribution in [0.1, 0.15) is 25.7 Å². The summed E-state index contributed by atoms with van der Waals surface area (Å²) < 4.78 is 5.26. The summed E-state index contributed by atoms with van der Waals surface area (Å²) in [4.78, 5) is 14.3. The third kappa shape index (κ3) is 3.15. The maximum absolute atomic E-state index is 12.1. The monoisotopic (exact) mass is 275 g/mol. The summed E-state index contributed by atoms with van der Waals surface area (Å²) in [7, 11) is 1.63. The first-order chi connectivity index (χ1) is 9.11. The van der Waals surface area contributed by atoms with E-state index >= 15 is 0 Å². The van der Waals surface area contributed by atoms with Crippen molar-refractivity contribution in [1.82, 2.24) is 5.32 Å². The van der Waals surface area contributed by atoms with Crippen LogP contribution in [0.25, 0.3) is 0 Å². The lowest BCUT2D eigenvalue weighted by Gasteiger charge is -2.09. The summed E-state index contributed by atoms with van der Waals surface area (Å²) in [6.45, 7) is 4.45. The van der Waals surface area contributed by atoms with E-state index in [1.54, 1.807) is 18.4 Å². The minimum atomic E-state index is -0.0345. The van der Waals surface area contributed by atoms with E-state index in [2.05, 4.69) is 5.32 Å². The van der Waals surface area contributed by atoms with Crippen LogP contribution in [0.15, 0.2) is 30.3 Å². The van der Waals surface area contributed by atoms with Gasteiger partial charge in [-0.1, -0.05) is 18.2 Å². The first-order valence-corrected chi connectivity index (χ1v) is 6.90. The van der Waals surface area contributed by atoms with Gasteiger partial charge in [-0.05, 0) is 26.0 Å². The van der Waals surface area contributed by atoms with Crippen LogP contribution in [0.3, 0.4) is 0 Å². The molecule has 0 fully saturated rings. The van der Waals surface area contributed by atoms with Crippen molar-refractivity contribution >= 4 is 17.2 Å². The average molecular weight is 275 g/mol. The van der Waals surface area contributed by atoms with Gasteiger partial charge in [0, 0.05) is 21.9 Å². The Morgan fingerprint density at radius 2 is 2.05 bits per heavy atom. The largest absolute Gasteiger partial charge is 0.496 e. The Balaban J connectivity index is 2.06. The van der Waals surface area contributed by atoms with Gasteiger partial charge in [-0.2, -0.15) is 0 Å². The number of nitrogens with one attached hydrogen (secondary N) is 1. The third-order valence-electron chi connectivity index (χ3n) is 2.92. The smallest absolute Gasteiger partial charge is 0.252 e. The van der Waals surface area contributed by atoms with E-state index < -0.39 is 0 Å². The zero-order valence-electron chi connectivity index (χ0n) is 11.3. The highest BCUT2D eigenvalue weighted by Gasteiger charge is 2.12. The van der Waals surface area contributed by atoms with Crippen molar-refractivity contribution in [3.05, 3.63) is 51.2 Å². The van der Waals surface area contributed by atoms with Gasteiger partial charge in [-0.15, -0.1) is 11.3 Å². The summed E-state index contributed by atoms with van der Waals surface area (Å²) in [6.07, 6.45) is 0. The Kier molecular flexibility index (Phi) is 4.22. The Hall–Kier alpha value is -1.81. The molecule has 0 radical (unpaired) electrons. The van der Waals surface area contributed by atoms with E-state index in [1.165, 1.54) is 0 Å². The van der Waals surface area contributed by atoms with Gasteiger partial charge in [0.2, 0.25) is 0 Å². The second kappa shape index (κ2) is 5.89. The Morgan fingerprint density at radius 3 is 2.68 bits per heavy atom. The molecule has 0 spiro atoms. The second-order valence-electron chi connectivity index (χ2n) is 4.32. The topological polar surface area (TPSA) is 38.3 Å². The predicted octanol–water partition coefficient (Wildman–Crippen LogP) is 3.30. The van der Waals surface area contributed by atoms with Crippen LogP contribution in [0.5, 0.6) is 5.75 Å². The lowest BCUT2D eigenvalue weighted by molar-refractivity contribution is 0.0950. The summed E-state index contributed by atoms with van der Waals surface area (Å²) in [5.41, 5.74) is 1.74. The molecule has 1 heterocycles. The van der Waals surface area contributed by atoms with Crippen molar-refractivity contribution in [2.45, 2.75) is 20.4 Å². The number of hydrogen-bond donors (Lipinski definition) is 1. The van der Waals surface area contributed by atoms with Gasteiger partial charge in [0.25, 0.3) is 5.91 Å². The molecule has 0 saturated heterocycles. The number of thiophene rings is 1. The highest BCUT2D eigenvalue weighted by atomic mass is 32.1. The van der Waals surface area contributed by atoms with Crippen molar-refractivity contribution in [1.29, 1.82) is 0 Å². The SMILES string of the molecule is COc1ccccc1CNC(=O)c1cc(C)sc1C. The number of aryl methyl sites for hydroxylation is 2. The van der Waals surface area contributed by atoms with Crippen LogP contribution in [-0.4, -0.2) is 13.0 Å². The maximum atomic E-state index is 12.1. The van der Waals surface area contributed by atoms with Gasteiger partial charge >= 0.3 is 0 Å². The fraction of sp³-hybridized carbons (Fsp3) is 0.267. The number of carbonyl (C=O) groups is 1. The first kappa shape index (κ1) is 13.6. The molecule has 1 aromatic carbocycles. The molecule has 0 saturated carbocycles. The zero-order chi connectivity index (χ0) is 13.8. The third-order valence-corrected chi connectivity index (χ3v) is 3.88. The van der Waals surface area contributed by atoms with Crippen LogP contribution in [0, 0.1) is 13.8 Å². The predicted molar refractivity (Wildman–Crippen MR) is 78.0 cm³/mol. The molecule has 0 aliphatic rings. The molecule has 0 aliphatic carbocycles. The van der Waals surface area contributed by atoms with E-state index in [-0.39, 0.29) is 5.91 Å². The Morgan fingerprint density at radius 1 is 1.32 bits per heavy atom. The number of carbonyl (C=O) groups excluding carboxylic acids is 1. The van der Waals surface area contributed by atoms with Crippen LogP contribution in [0.2, 0.25) is 0 Å². The normalized spacial score (nSPS) is 10.3. The number of ether oxygens (including phenoxy) is 1. The van der Waals surface area contributed by atoms with E-state index in [1.807, 2.05) is 44.2 Å². The first-order valence-electron chi connectivity index (χ1n) is 6.09. The van der Waals surface area contributed by atoms with Gasteiger partial charge in [0.05, 0.1) is 12.7 Å². The summed E-state index contributed by atoms with van der Waals surface area (Å²) in [5.74, 6) is 0.758. The molecule has 100 valence electrons. The molecule has 1 N–H and O–H groups in total. The number of methoxy groups -OCH3 is 1. The molecule has 2 rings (SSSR count). The van der Waals surface area contributed by atoms with E-state index in [0.717, 1.165) is 26.6 Å². The molecule has 3 nitrogen and oxygen atoms in total. The van der Waals surface area contributed by atoms with Crippen molar-refractivity contribution in [3.8, 4) is 5.75 Å². The minimum Gasteiger partial charge on any atom is -0.496 e. The zero-order valence-corrected chi connectivity index (χ0v) is 12.1. The summed E-state index contributed by atoms with van der Waals surface area (Å²) in [5, 5.41) is 2.93. The Bertz CT molecular complexity index is 590. The molecule has 0 aliphatic heterocycles. The number of benzene rings is 1.